The number of hydrogen-bond acceptors (Lipinski definition) is 5. The van der Waals surface area contributed by atoms with Crippen LogP contribution in [0.1, 0.15) is 32.4 Å². The number of nitrogens with one attached hydrogen (secondary N) is 1. The maximum absolute atomic E-state index is 12.6. The van der Waals surface area contributed by atoms with Crippen LogP contribution in [0.5, 0.6) is 0 Å². The molecule has 1 aliphatic rings. The van der Waals surface area contributed by atoms with Crippen molar-refractivity contribution >= 4 is 22.9 Å². The smallest absolute Gasteiger partial charge is 0.269 e. The molecule has 1 unspecified atom stereocenters. The molecule has 3 aromatic rings. The third-order valence-electron chi connectivity index (χ3n) is 5.27. The first-order chi connectivity index (χ1) is 14.1. The van der Waals surface area contributed by atoms with Crippen molar-refractivity contribution in [2.24, 2.45) is 0 Å². The van der Waals surface area contributed by atoms with Crippen LogP contribution < -0.4 is 5.32 Å². The van der Waals surface area contributed by atoms with Crippen molar-refractivity contribution in [1.29, 1.82) is 0 Å². The Bertz CT molecular complexity index is 1000. The number of fused-ring (bicyclic) bond motifs is 1. The van der Waals surface area contributed by atoms with Crippen LogP contribution in [0.3, 0.4) is 0 Å². The van der Waals surface area contributed by atoms with Gasteiger partial charge in [0.2, 0.25) is 0 Å². The Hall–Kier alpha value is -3.03. The Morgan fingerprint density at radius 2 is 1.86 bits per heavy atom. The van der Waals surface area contributed by atoms with Gasteiger partial charge in [0.15, 0.2) is 0 Å². The van der Waals surface area contributed by atoms with E-state index in [1.165, 1.54) is 40.3 Å². The van der Waals surface area contributed by atoms with Gasteiger partial charge in [0.1, 0.15) is 0 Å². The zero-order valence-corrected chi connectivity index (χ0v) is 16.6. The summed E-state index contributed by atoms with van der Waals surface area (Å²) in [7, 11) is 0. The molecule has 0 fully saturated rings. The molecule has 0 saturated heterocycles. The summed E-state index contributed by atoms with van der Waals surface area (Å²) >= 11 is 1.69. The first-order valence-electron chi connectivity index (χ1n) is 9.49. The molecule has 1 N–H and O–H groups in total. The van der Waals surface area contributed by atoms with Crippen LogP contribution in [-0.2, 0) is 13.0 Å². The number of rotatable bonds is 6. The van der Waals surface area contributed by atoms with Gasteiger partial charge in [-0.2, -0.15) is 0 Å². The summed E-state index contributed by atoms with van der Waals surface area (Å²) in [5.41, 5.74) is 3.13. The van der Waals surface area contributed by atoms with E-state index in [2.05, 4.69) is 45.9 Å². The third kappa shape index (κ3) is 4.36. The van der Waals surface area contributed by atoms with E-state index >= 15 is 0 Å². The second-order valence-corrected chi connectivity index (χ2v) is 8.01. The van der Waals surface area contributed by atoms with E-state index in [9.17, 15) is 14.9 Å². The van der Waals surface area contributed by atoms with Crippen molar-refractivity contribution in [3.8, 4) is 0 Å². The number of carbonyl (C=O) groups excluding carboxylic acids is 1. The van der Waals surface area contributed by atoms with E-state index in [4.69, 9.17) is 0 Å². The summed E-state index contributed by atoms with van der Waals surface area (Å²) in [5.74, 6) is -0.223. The van der Waals surface area contributed by atoms with Gasteiger partial charge < -0.3 is 5.32 Å². The Morgan fingerprint density at radius 1 is 1.10 bits per heavy atom. The minimum atomic E-state index is -0.470. The highest BCUT2D eigenvalue weighted by Gasteiger charge is 2.26. The lowest BCUT2D eigenvalue weighted by Gasteiger charge is -2.35. The van der Waals surface area contributed by atoms with E-state index in [-0.39, 0.29) is 17.6 Å². The molecule has 0 saturated carbocycles. The van der Waals surface area contributed by atoms with Gasteiger partial charge >= 0.3 is 0 Å². The highest BCUT2D eigenvalue weighted by atomic mass is 32.1. The third-order valence-corrected chi connectivity index (χ3v) is 6.24. The molecule has 1 amide bonds. The fraction of sp³-hybridized carbons (Fsp3) is 0.227. The molecule has 0 radical (unpaired) electrons. The van der Waals surface area contributed by atoms with Crippen LogP contribution >= 0.6 is 11.3 Å². The molecule has 1 aromatic heterocycles. The van der Waals surface area contributed by atoms with Crippen molar-refractivity contribution in [1.82, 2.24) is 10.2 Å². The molecular formula is C22H21N3O3S. The largest absolute Gasteiger partial charge is 0.350 e. The van der Waals surface area contributed by atoms with Crippen molar-refractivity contribution in [2.45, 2.75) is 19.0 Å². The molecule has 1 atom stereocenters. The molecule has 0 bridgehead atoms. The molecule has 2 aromatic carbocycles. The summed E-state index contributed by atoms with van der Waals surface area (Å²) in [6.45, 7) is 2.28. The molecule has 0 spiro atoms. The fourth-order valence-corrected chi connectivity index (χ4v) is 4.56. The number of nitrogens with zero attached hydrogens (tertiary/aromatic N) is 2. The van der Waals surface area contributed by atoms with Gasteiger partial charge in [-0.1, -0.05) is 30.3 Å². The van der Waals surface area contributed by atoms with E-state index < -0.39 is 4.92 Å². The number of hydrogen-bond donors (Lipinski definition) is 1. The van der Waals surface area contributed by atoms with Gasteiger partial charge in [0, 0.05) is 42.2 Å². The second-order valence-electron chi connectivity index (χ2n) is 7.03. The number of amides is 1. The fourth-order valence-electron chi connectivity index (χ4n) is 3.70. The minimum Gasteiger partial charge on any atom is -0.350 e. The van der Waals surface area contributed by atoms with Crippen molar-refractivity contribution < 1.29 is 9.72 Å². The van der Waals surface area contributed by atoms with Crippen LogP contribution in [0.15, 0.2) is 66.0 Å². The van der Waals surface area contributed by atoms with Crippen LogP contribution in [0, 0.1) is 10.1 Å². The number of carbonyl (C=O) groups is 1. The summed E-state index contributed by atoms with van der Waals surface area (Å²) < 4.78 is 0. The van der Waals surface area contributed by atoms with Crippen molar-refractivity contribution in [3.05, 3.63) is 97.7 Å². The number of nitro groups is 1. The Kier molecular flexibility index (Phi) is 5.69. The van der Waals surface area contributed by atoms with Gasteiger partial charge in [-0.3, -0.25) is 19.8 Å². The van der Waals surface area contributed by atoms with Gasteiger partial charge in [0.05, 0.1) is 11.0 Å². The lowest BCUT2D eigenvalue weighted by Crippen LogP contribution is -2.40. The van der Waals surface area contributed by atoms with E-state index in [1.807, 2.05) is 6.07 Å². The zero-order valence-electron chi connectivity index (χ0n) is 15.8. The van der Waals surface area contributed by atoms with Crippen molar-refractivity contribution in [2.75, 3.05) is 13.1 Å². The predicted molar refractivity (Wildman–Crippen MR) is 113 cm³/mol. The van der Waals surface area contributed by atoms with E-state index in [0.717, 1.165) is 19.5 Å². The summed E-state index contributed by atoms with van der Waals surface area (Å²) in [6, 6.07) is 18.4. The number of thiophene rings is 1. The van der Waals surface area contributed by atoms with Gasteiger partial charge in [-0.05, 0) is 41.1 Å². The lowest BCUT2D eigenvalue weighted by molar-refractivity contribution is -0.384. The van der Waals surface area contributed by atoms with Gasteiger partial charge in [0.25, 0.3) is 11.6 Å². The molecule has 4 rings (SSSR count). The second kappa shape index (κ2) is 8.55. The standard InChI is InChI=1S/C22H21N3O3S/c26-22(17-7-9-19(10-8-17)25(27)28)23-14-20(21-6-3-13-29-21)24-12-11-16-4-1-2-5-18(16)15-24/h1-10,13,20H,11-12,14-15H2,(H,23,26). The van der Waals surface area contributed by atoms with Gasteiger partial charge in [-0.15, -0.1) is 11.3 Å². The van der Waals surface area contributed by atoms with Crippen LogP contribution in [0.4, 0.5) is 5.69 Å². The van der Waals surface area contributed by atoms with Crippen LogP contribution in [-0.4, -0.2) is 28.8 Å². The molecule has 7 heteroatoms. The summed E-state index contributed by atoms with van der Waals surface area (Å²) in [6.07, 6.45) is 0.994. The molecule has 6 nitrogen and oxygen atoms in total. The first-order valence-corrected chi connectivity index (χ1v) is 10.4. The maximum Gasteiger partial charge on any atom is 0.269 e. The predicted octanol–water partition coefficient (Wildman–Crippen LogP) is 4.19. The Labute approximate surface area is 172 Å². The SMILES string of the molecule is O=C(NCC(c1cccs1)N1CCc2ccccc2C1)c1ccc([N+](=O)[O-])cc1. The lowest BCUT2D eigenvalue weighted by atomic mass is 9.98. The monoisotopic (exact) mass is 407 g/mol. The molecular weight excluding hydrogens is 386 g/mol. The van der Waals surface area contributed by atoms with Crippen molar-refractivity contribution in [3.63, 3.8) is 0 Å². The summed E-state index contributed by atoms with van der Waals surface area (Å²) in [4.78, 5) is 26.5. The first kappa shape index (κ1) is 19.3. The highest BCUT2D eigenvalue weighted by Crippen LogP contribution is 2.30. The molecule has 1 aliphatic heterocycles. The normalized spacial score (nSPS) is 14.8. The van der Waals surface area contributed by atoms with E-state index in [0.29, 0.717) is 12.1 Å². The molecule has 0 aliphatic carbocycles. The van der Waals surface area contributed by atoms with E-state index in [1.54, 1.807) is 11.3 Å². The quantitative estimate of drug-likeness (QED) is 0.491. The zero-order chi connectivity index (χ0) is 20.2. The van der Waals surface area contributed by atoms with Crippen LogP contribution in [0.25, 0.3) is 0 Å². The summed E-state index contributed by atoms with van der Waals surface area (Å²) in [5, 5.41) is 15.9. The Balaban J connectivity index is 1.47. The molecule has 29 heavy (non-hydrogen) atoms. The topological polar surface area (TPSA) is 75.5 Å². The van der Waals surface area contributed by atoms with Gasteiger partial charge in [-0.25, -0.2) is 0 Å². The average molecular weight is 407 g/mol. The molecule has 148 valence electrons. The highest BCUT2D eigenvalue weighted by molar-refractivity contribution is 7.10. The molecule has 2 heterocycles. The number of nitro benzene ring substituents is 1. The Morgan fingerprint density at radius 3 is 2.55 bits per heavy atom. The van der Waals surface area contributed by atoms with Crippen LogP contribution in [0.2, 0.25) is 0 Å². The number of non-ortho nitro benzene ring substituents is 1. The average Bonchev–Trinajstić information content (AvgIpc) is 3.28. The number of benzene rings is 2. The minimum absolute atomic E-state index is 0.0232. The maximum atomic E-state index is 12.6.